The van der Waals surface area contributed by atoms with Crippen molar-refractivity contribution in [2.24, 2.45) is 0 Å². The van der Waals surface area contributed by atoms with Crippen LogP contribution in [0.2, 0.25) is 5.02 Å². The number of anilines is 1. The zero-order chi connectivity index (χ0) is 21.2. The van der Waals surface area contributed by atoms with Gasteiger partial charge < -0.3 is 14.8 Å². The Morgan fingerprint density at radius 1 is 1.21 bits per heavy atom. The number of nitrogens with zero attached hydrogens (tertiary/aromatic N) is 1. The molecule has 1 heterocycles. The average molecular weight is 417 g/mol. The lowest BCUT2D eigenvalue weighted by Gasteiger charge is -2.28. The second-order valence-corrected chi connectivity index (χ2v) is 8.41. The van der Waals surface area contributed by atoms with Crippen LogP contribution in [0.25, 0.3) is 0 Å². The summed E-state index contributed by atoms with van der Waals surface area (Å²) in [7, 11) is 0. The fourth-order valence-electron chi connectivity index (χ4n) is 2.92. The van der Waals surface area contributed by atoms with Gasteiger partial charge in [-0.05, 0) is 57.0 Å². The summed E-state index contributed by atoms with van der Waals surface area (Å²) < 4.78 is 11.2. The van der Waals surface area contributed by atoms with Gasteiger partial charge in [-0.2, -0.15) is 0 Å². The van der Waals surface area contributed by atoms with Crippen molar-refractivity contribution < 1.29 is 19.1 Å². The summed E-state index contributed by atoms with van der Waals surface area (Å²) in [5.74, 6) is 0.408. The first-order valence-corrected chi connectivity index (χ1v) is 9.82. The lowest BCUT2D eigenvalue weighted by molar-refractivity contribution is -0.122. The maximum atomic E-state index is 12.8. The summed E-state index contributed by atoms with van der Waals surface area (Å²) >= 11 is 6.29. The van der Waals surface area contributed by atoms with Gasteiger partial charge in [0.05, 0.1) is 12.2 Å². The molecule has 0 aromatic heterocycles. The van der Waals surface area contributed by atoms with Crippen molar-refractivity contribution in [3.63, 3.8) is 0 Å². The summed E-state index contributed by atoms with van der Waals surface area (Å²) in [5, 5.41) is 3.41. The fourth-order valence-corrected chi connectivity index (χ4v) is 3.11. The van der Waals surface area contributed by atoms with E-state index >= 15 is 0 Å². The third kappa shape index (κ3) is 5.41. The first-order chi connectivity index (χ1) is 13.6. The molecule has 0 saturated heterocycles. The summed E-state index contributed by atoms with van der Waals surface area (Å²) in [6, 6.07) is 12.9. The van der Waals surface area contributed by atoms with Crippen molar-refractivity contribution >= 4 is 29.3 Å². The molecule has 0 saturated carbocycles. The van der Waals surface area contributed by atoms with E-state index < -0.39 is 17.8 Å². The number of rotatable bonds is 4. The molecule has 6 nitrogen and oxygen atoms in total. The van der Waals surface area contributed by atoms with Gasteiger partial charge in [0.25, 0.3) is 5.91 Å². The number of nitrogens with one attached hydrogen (secondary N) is 1. The second kappa shape index (κ2) is 8.33. The summed E-state index contributed by atoms with van der Waals surface area (Å²) in [4.78, 5) is 26.3. The molecule has 154 valence electrons. The van der Waals surface area contributed by atoms with E-state index in [2.05, 4.69) is 5.32 Å². The Bertz CT molecular complexity index is 923. The molecule has 0 fully saturated rings. The Balaban J connectivity index is 1.85. The molecule has 1 aliphatic rings. The van der Waals surface area contributed by atoms with Gasteiger partial charge in [-0.3, -0.25) is 9.69 Å². The lowest BCUT2D eigenvalue weighted by Crippen LogP contribution is -2.36. The zero-order valence-corrected chi connectivity index (χ0v) is 17.7. The lowest BCUT2D eigenvalue weighted by atomic mass is 10.1. The molecule has 2 amide bonds. The van der Waals surface area contributed by atoms with Crippen LogP contribution in [-0.4, -0.2) is 28.6 Å². The fraction of sp³-hybridized carbons (Fsp3) is 0.364. The van der Waals surface area contributed by atoms with E-state index in [4.69, 9.17) is 21.1 Å². The number of carbonyl (C=O) groups is 2. The topological polar surface area (TPSA) is 67.9 Å². The van der Waals surface area contributed by atoms with Crippen LogP contribution in [0, 0.1) is 0 Å². The van der Waals surface area contributed by atoms with Crippen molar-refractivity contribution in [2.45, 2.75) is 52.5 Å². The highest BCUT2D eigenvalue weighted by Crippen LogP contribution is 2.31. The molecule has 1 N–H and O–H groups in total. The van der Waals surface area contributed by atoms with Crippen LogP contribution in [0.5, 0.6) is 5.75 Å². The number of benzene rings is 2. The van der Waals surface area contributed by atoms with E-state index in [0.29, 0.717) is 29.5 Å². The van der Waals surface area contributed by atoms with Crippen molar-refractivity contribution in [2.75, 3.05) is 5.32 Å². The first kappa shape index (κ1) is 21.0. The molecule has 29 heavy (non-hydrogen) atoms. The monoisotopic (exact) mass is 416 g/mol. The van der Waals surface area contributed by atoms with Crippen LogP contribution < -0.4 is 10.1 Å². The van der Waals surface area contributed by atoms with Gasteiger partial charge in [-0.15, -0.1) is 0 Å². The molecule has 0 aliphatic carbocycles. The third-order valence-corrected chi connectivity index (χ3v) is 4.69. The van der Waals surface area contributed by atoms with Crippen molar-refractivity contribution in [1.82, 2.24) is 4.90 Å². The van der Waals surface area contributed by atoms with Crippen LogP contribution >= 0.6 is 11.6 Å². The minimum absolute atomic E-state index is 0.199. The molecule has 1 unspecified atom stereocenters. The number of carbonyl (C=O) groups excluding carboxylic acids is 2. The Morgan fingerprint density at radius 2 is 1.93 bits per heavy atom. The molecule has 1 aliphatic heterocycles. The predicted octanol–water partition coefficient (Wildman–Crippen LogP) is 5.00. The highest BCUT2D eigenvalue weighted by molar-refractivity contribution is 6.31. The molecular weight excluding hydrogens is 392 g/mol. The van der Waals surface area contributed by atoms with Crippen LogP contribution in [0.1, 0.15) is 38.8 Å². The highest BCUT2D eigenvalue weighted by Gasteiger charge is 2.26. The van der Waals surface area contributed by atoms with E-state index in [-0.39, 0.29) is 5.91 Å². The second-order valence-electron chi connectivity index (χ2n) is 8.01. The smallest absolute Gasteiger partial charge is 0.410 e. The first-order valence-electron chi connectivity index (χ1n) is 9.44. The Kier molecular flexibility index (Phi) is 6.03. The van der Waals surface area contributed by atoms with Crippen molar-refractivity contribution in [3.8, 4) is 5.75 Å². The minimum atomic E-state index is -0.621. The molecule has 0 spiro atoms. The quantitative estimate of drug-likeness (QED) is 0.761. The Morgan fingerprint density at radius 3 is 2.62 bits per heavy atom. The molecule has 3 rings (SSSR count). The van der Waals surface area contributed by atoms with E-state index in [1.54, 1.807) is 24.0 Å². The Hall–Kier alpha value is -2.73. The summed E-state index contributed by atoms with van der Waals surface area (Å²) in [6.07, 6.45) is -0.976. The largest absolute Gasteiger partial charge is 0.479 e. The van der Waals surface area contributed by atoms with Gasteiger partial charge >= 0.3 is 6.09 Å². The minimum Gasteiger partial charge on any atom is -0.479 e. The maximum Gasteiger partial charge on any atom is 0.410 e. The standard InChI is InChI=1S/C22H25ClN2O4/c1-14-20(26)24-18-11-15(9-10-19(18)28-14)12-25(21(27)29-22(2,3)4)13-16-7-5-6-8-17(16)23/h5-11,14H,12-13H2,1-4H3,(H,24,26). The van der Waals surface area contributed by atoms with Crippen molar-refractivity contribution in [1.29, 1.82) is 0 Å². The average Bonchev–Trinajstić information content (AvgIpc) is 2.62. The summed E-state index contributed by atoms with van der Waals surface area (Å²) in [6.45, 7) is 7.76. The zero-order valence-electron chi connectivity index (χ0n) is 17.0. The van der Waals surface area contributed by atoms with Gasteiger partial charge in [0, 0.05) is 11.6 Å². The third-order valence-electron chi connectivity index (χ3n) is 4.32. The molecule has 0 bridgehead atoms. The molecule has 7 heteroatoms. The van der Waals surface area contributed by atoms with Crippen molar-refractivity contribution in [3.05, 3.63) is 58.6 Å². The molecular formula is C22H25ClN2O4. The van der Waals surface area contributed by atoms with Gasteiger partial charge in [0.1, 0.15) is 11.4 Å². The molecule has 2 aromatic rings. The van der Waals surface area contributed by atoms with Gasteiger partial charge in [-0.25, -0.2) is 4.79 Å². The summed E-state index contributed by atoms with van der Waals surface area (Å²) in [5.41, 5.74) is 1.62. The van der Waals surface area contributed by atoms with E-state index in [1.165, 1.54) is 0 Å². The van der Waals surface area contributed by atoms with Gasteiger partial charge in [0.15, 0.2) is 6.10 Å². The number of hydrogen-bond donors (Lipinski definition) is 1. The van der Waals surface area contributed by atoms with Gasteiger partial charge in [0.2, 0.25) is 0 Å². The molecule has 0 radical (unpaired) electrons. The number of fused-ring (bicyclic) bond motifs is 1. The van der Waals surface area contributed by atoms with Crippen LogP contribution in [0.3, 0.4) is 0 Å². The molecule has 2 aromatic carbocycles. The molecule has 1 atom stereocenters. The number of amides is 2. The Labute approximate surface area is 175 Å². The number of hydrogen-bond acceptors (Lipinski definition) is 4. The normalized spacial score (nSPS) is 15.8. The van der Waals surface area contributed by atoms with Crippen LogP contribution in [0.15, 0.2) is 42.5 Å². The van der Waals surface area contributed by atoms with E-state index in [9.17, 15) is 9.59 Å². The maximum absolute atomic E-state index is 12.8. The SMILES string of the molecule is CC1Oc2ccc(CN(Cc3ccccc3Cl)C(=O)OC(C)(C)C)cc2NC1=O. The predicted molar refractivity (Wildman–Crippen MR) is 112 cm³/mol. The van der Waals surface area contributed by atoms with Gasteiger partial charge in [-0.1, -0.05) is 35.9 Å². The van der Waals surface area contributed by atoms with E-state index in [1.807, 2.05) is 51.1 Å². The van der Waals surface area contributed by atoms with Crippen LogP contribution in [0.4, 0.5) is 10.5 Å². The highest BCUT2D eigenvalue weighted by atomic mass is 35.5. The van der Waals surface area contributed by atoms with E-state index in [0.717, 1.165) is 11.1 Å². The number of halogens is 1. The number of ether oxygens (including phenoxy) is 2. The van der Waals surface area contributed by atoms with Crippen LogP contribution in [-0.2, 0) is 22.6 Å².